The molecule has 1 amide bonds. The molecule has 1 saturated heterocycles. The summed E-state index contributed by atoms with van der Waals surface area (Å²) in [6, 6.07) is 9.65. The molecule has 6 nitrogen and oxygen atoms in total. The molecule has 1 fully saturated rings. The summed E-state index contributed by atoms with van der Waals surface area (Å²) in [6.07, 6.45) is 5.36. The van der Waals surface area contributed by atoms with Crippen molar-refractivity contribution in [2.45, 2.75) is 31.8 Å². The first-order valence-corrected chi connectivity index (χ1v) is 8.51. The molecule has 0 saturated carbocycles. The van der Waals surface area contributed by atoms with Gasteiger partial charge in [-0.25, -0.2) is 0 Å². The standard InChI is InChI=1S/C19H21N3O3/c1-19(7-2-10-22(19)15-5-8-20-9-6-15)18(23)21-12-14-3-4-16-17(11-14)25-13-24-16/h3-6,8-9,11H,2,7,10,12-13H2,1H3,(H,21,23)/t19-/m0/s1. The van der Waals surface area contributed by atoms with Gasteiger partial charge in [0.15, 0.2) is 11.5 Å². The average molecular weight is 339 g/mol. The second-order valence-corrected chi connectivity index (χ2v) is 6.60. The summed E-state index contributed by atoms with van der Waals surface area (Å²) >= 11 is 0. The third-order valence-corrected chi connectivity index (χ3v) is 4.99. The Hall–Kier alpha value is -2.76. The topological polar surface area (TPSA) is 63.7 Å². The number of benzene rings is 1. The molecular formula is C19H21N3O3. The van der Waals surface area contributed by atoms with Gasteiger partial charge in [0, 0.05) is 31.2 Å². The molecule has 3 heterocycles. The van der Waals surface area contributed by atoms with Gasteiger partial charge >= 0.3 is 0 Å². The van der Waals surface area contributed by atoms with E-state index in [4.69, 9.17) is 9.47 Å². The molecule has 0 spiro atoms. The van der Waals surface area contributed by atoms with Crippen molar-refractivity contribution in [1.82, 2.24) is 10.3 Å². The molecule has 6 heteroatoms. The van der Waals surface area contributed by atoms with Crippen LogP contribution in [0.4, 0.5) is 5.69 Å². The predicted octanol–water partition coefficient (Wildman–Crippen LogP) is 2.49. The second kappa shape index (κ2) is 6.27. The summed E-state index contributed by atoms with van der Waals surface area (Å²) in [5.74, 6) is 1.53. The zero-order valence-electron chi connectivity index (χ0n) is 14.2. The number of anilines is 1. The van der Waals surface area contributed by atoms with E-state index >= 15 is 0 Å². The third-order valence-electron chi connectivity index (χ3n) is 4.99. The van der Waals surface area contributed by atoms with Crippen molar-refractivity contribution >= 4 is 11.6 Å². The molecule has 1 aromatic heterocycles. The van der Waals surface area contributed by atoms with Gasteiger partial charge in [0.05, 0.1) is 0 Å². The zero-order chi connectivity index (χ0) is 17.3. The second-order valence-electron chi connectivity index (χ2n) is 6.60. The molecule has 0 radical (unpaired) electrons. The summed E-state index contributed by atoms with van der Waals surface area (Å²) < 4.78 is 10.7. The fourth-order valence-electron chi connectivity index (χ4n) is 3.56. The molecule has 0 aliphatic carbocycles. The van der Waals surface area contributed by atoms with Crippen LogP contribution in [0, 0.1) is 0 Å². The van der Waals surface area contributed by atoms with E-state index in [9.17, 15) is 4.79 Å². The maximum absolute atomic E-state index is 12.9. The highest BCUT2D eigenvalue weighted by Gasteiger charge is 2.43. The van der Waals surface area contributed by atoms with E-state index in [2.05, 4.69) is 15.2 Å². The smallest absolute Gasteiger partial charge is 0.245 e. The Morgan fingerprint density at radius 3 is 2.88 bits per heavy atom. The Kier molecular flexibility index (Phi) is 3.95. The number of hydrogen-bond acceptors (Lipinski definition) is 5. The molecule has 2 aliphatic rings. The lowest BCUT2D eigenvalue weighted by Gasteiger charge is -2.35. The van der Waals surface area contributed by atoms with E-state index in [-0.39, 0.29) is 12.7 Å². The van der Waals surface area contributed by atoms with Gasteiger partial charge in [0.2, 0.25) is 12.7 Å². The fraction of sp³-hybridized carbons (Fsp3) is 0.368. The molecule has 1 N–H and O–H groups in total. The number of aromatic nitrogens is 1. The van der Waals surface area contributed by atoms with Crippen LogP contribution < -0.4 is 19.7 Å². The highest BCUT2D eigenvalue weighted by Crippen LogP contribution is 2.35. The van der Waals surface area contributed by atoms with Crippen LogP contribution in [0.2, 0.25) is 0 Å². The number of hydrogen-bond donors (Lipinski definition) is 1. The molecule has 4 rings (SSSR count). The fourth-order valence-corrected chi connectivity index (χ4v) is 3.56. The Balaban J connectivity index is 1.46. The van der Waals surface area contributed by atoms with Gasteiger partial charge in [-0.2, -0.15) is 0 Å². The van der Waals surface area contributed by atoms with Crippen LogP contribution in [-0.2, 0) is 11.3 Å². The van der Waals surface area contributed by atoms with Crippen LogP contribution in [0.3, 0.4) is 0 Å². The van der Waals surface area contributed by atoms with Crippen LogP contribution >= 0.6 is 0 Å². The predicted molar refractivity (Wildman–Crippen MR) is 93.6 cm³/mol. The highest BCUT2D eigenvalue weighted by atomic mass is 16.7. The lowest BCUT2D eigenvalue weighted by molar-refractivity contribution is -0.125. The van der Waals surface area contributed by atoms with Gasteiger partial charge in [0.1, 0.15) is 5.54 Å². The van der Waals surface area contributed by atoms with E-state index in [0.29, 0.717) is 6.54 Å². The number of pyridine rings is 1. The van der Waals surface area contributed by atoms with Crippen molar-refractivity contribution in [3.05, 3.63) is 48.3 Å². The van der Waals surface area contributed by atoms with E-state index in [1.165, 1.54) is 0 Å². The monoisotopic (exact) mass is 339 g/mol. The molecule has 1 atom stereocenters. The SMILES string of the molecule is C[C@@]1(C(=O)NCc2ccc3c(c2)OCO3)CCCN1c1ccncc1. The van der Waals surface area contributed by atoms with Gasteiger partial charge in [0.25, 0.3) is 0 Å². The maximum atomic E-state index is 12.9. The maximum Gasteiger partial charge on any atom is 0.245 e. The van der Waals surface area contributed by atoms with Crippen molar-refractivity contribution in [1.29, 1.82) is 0 Å². The largest absolute Gasteiger partial charge is 0.454 e. The van der Waals surface area contributed by atoms with Gasteiger partial charge in [-0.3, -0.25) is 9.78 Å². The first-order chi connectivity index (χ1) is 12.2. The summed E-state index contributed by atoms with van der Waals surface area (Å²) in [4.78, 5) is 19.2. The molecule has 0 bridgehead atoms. The van der Waals surface area contributed by atoms with Crippen molar-refractivity contribution < 1.29 is 14.3 Å². The number of carbonyl (C=O) groups is 1. The number of amides is 1. The minimum atomic E-state index is -0.544. The Morgan fingerprint density at radius 1 is 1.24 bits per heavy atom. The van der Waals surface area contributed by atoms with Crippen LogP contribution in [0.5, 0.6) is 11.5 Å². The van der Waals surface area contributed by atoms with Crippen molar-refractivity contribution in [2.75, 3.05) is 18.2 Å². The van der Waals surface area contributed by atoms with Gasteiger partial charge < -0.3 is 19.7 Å². The van der Waals surface area contributed by atoms with Gasteiger partial charge in [-0.15, -0.1) is 0 Å². The van der Waals surface area contributed by atoms with Crippen molar-refractivity contribution in [3.8, 4) is 11.5 Å². The highest BCUT2D eigenvalue weighted by molar-refractivity contribution is 5.90. The summed E-state index contributed by atoms with van der Waals surface area (Å²) in [6.45, 7) is 3.60. The Morgan fingerprint density at radius 2 is 2.04 bits per heavy atom. The normalized spacial score (nSPS) is 21.4. The van der Waals surface area contributed by atoms with Crippen LogP contribution in [-0.4, -0.2) is 29.8 Å². The lowest BCUT2D eigenvalue weighted by Crippen LogP contribution is -2.53. The number of fused-ring (bicyclic) bond motifs is 1. The zero-order valence-corrected chi connectivity index (χ0v) is 14.2. The number of carbonyl (C=O) groups excluding carboxylic acids is 1. The molecule has 1 aromatic carbocycles. The number of nitrogens with one attached hydrogen (secondary N) is 1. The molecule has 25 heavy (non-hydrogen) atoms. The first kappa shape index (κ1) is 15.7. The van der Waals surface area contributed by atoms with E-state index in [0.717, 1.165) is 42.1 Å². The number of ether oxygens (including phenoxy) is 2. The van der Waals surface area contributed by atoms with Crippen molar-refractivity contribution in [3.63, 3.8) is 0 Å². The third kappa shape index (κ3) is 2.88. The van der Waals surface area contributed by atoms with E-state index in [1.807, 2.05) is 37.3 Å². The molecule has 2 aromatic rings. The lowest BCUT2D eigenvalue weighted by atomic mass is 9.97. The van der Waals surface area contributed by atoms with Gasteiger partial charge in [-0.05, 0) is 49.6 Å². The molecule has 0 unspecified atom stereocenters. The minimum absolute atomic E-state index is 0.0412. The van der Waals surface area contributed by atoms with Crippen LogP contribution in [0.1, 0.15) is 25.3 Å². The van der Waals surface area contributed by atoms with E-state index in [1.54, 1.807) is 12.4 Å². The van der Waals surface area contributed by atoms with Gasteiger partial charge in [-0.1, -0.05) is 6.07 Å². The van der Waals surface area contributed by atoms with Crippen LogP contribution in [0.15, 0.2) is 42.7 Å². The first-order valence-electron chi connectivity index (χ1n) is 8.51. The number of rotatable bonds is 4. The summed E-state index contributed by atoms with van der Waals surface area (Å²) in [7, 11) is 0. The van der Waals surface area contributed by atoms with E-state index < -0.39 is 5.54 Å². The Labute approximate surface area is 146 Å². The molecule has 2 aliphatic heterocycles. The molecule has 130 valence electrons. The Bertz CT molecular complexity index is 781. The minimum Gasteiger partial charge on any atom is -0.454 e. The molecular weight excluding hydrogens is 318 g/mol. The summed E-state index contributed by atoms with van der Waals surface area (Å²) in [5, 5.41) is 3.08. The summed E-state index contributed by atoms with van der Waals surface area (Å²) in [5.41, 5.74) is 1.49. The number of nitrogens with zero attached hydrogens (tertiary/aromatic N) is 2. The van der Waals surface area contributed by atoms with Crippen LogP contribution in [0.25, 0.3) is 0 Å². The quantitative estimate of drug-likeness (QED) is 0.927. The average Bonchev–Trinajstić information content (AvgIpc) is 3.27. The van der Waals surface area contributed by atoms with Crippen molar-refractivity contribution in [2.24, 2.45) is 0 Å².